The third kappa shape index (κ3) is 5.36. The Hall–Kier alpha value is -4.40. The molecule has 2 aromatic carbocycles. The molecule has 8 nitrogen and oxygen atoms in total. The zero-order valence-electron chi connectivity index (χ0n) is 18.5. The van der Waals surface area contributed by atoms with Gasteiger partial charge in [-0.1, -0.05) is 0 Å². The van der Waals surface area contributed by atoms with Gasteiger partial charge in [0.05, 0.1) is 0 Å². The normalized spacial score (nSPS) is 9.00. The van der Waals surface area contributed by atoms with Crippen LogP contribution in [0.2, 0.25) is 0 Å². The highest BCUT2D eigenvalue weighted by atomic mass is 16.5. The van der Waals surface area contributed by atoms with Crippen LogP contribution in [0.1, 0.15) is 38.9 Å². The Bertz CT molecular complexity index is 1040. The number of hydrogen-bond acceptors (Lipinski definition) is 8. The molecule has 0 bridgehead atoms. The van der Waals surface area contributed by atoms with Gasteiger partial charge in [-0.2, -0.15) is 0 Å². The predicted molar refractivity (Wildman–Crippen MR) is 111 cm³/mol. The van der Waals surface area contributed by atoms with Crippen LogP contribution in [-0.2, 0) is 0 Å². The summed E-state index contributed by atoms with van der Waals surface area (Å²) in [5, 5.41) is 34.1. The Balaban J connectivity index is 0.000000311. The van der Waals surface area contributed by atoms with Crippen molar-refractivity contribution in [3.8, 4) is 48.0 Å². The maximum Gasteiger partial charge on any atom is 0.292 e. The zero-order valence-corrected chi connectivity index (χ0v) is 18.5. The molecular weight excluding hydrogens is 396 g/mol. The lowest BCUT2D eigenvalue weighted by Gasteiger charge is -2.15. The van der Waals surface area contributed by atoms with E-state index in [2.05, 4.69) is 0 Å². The molecule has 0 saturated carbocycles. The van der Waals surface area contributed by atoms with Gasteiger partial charge in [-0.15, -0.1) is 21.0 Å². The lowest BCUT2D eigenvalue weighted by atomic mass is 9.98. The number of aryl methyl sites for hydroxylation is 2. The molecule has 8 heteroatoms. The minimum Gasteiger partial charge on any atom is -0.387 e. The highest BCUT2D eigenvalue weighted by Crippen LogP contribution is 2.37. The maximum absolute atomic E-state index is 8.57. The van der Waals surface area contributed by atoms with Crippen LogP contribution in [0.5, 0.6) is 23.0 Å². The van der Waals surface area contributed by atoms with E-state index in [1.54, 1.807) is 31.9 Å². The van der Waals surface area contributed by atoms with E-state index >= 15 is 0 Å². The molecule has 31 heavy (non-hydrogen) atoms. The summed E-state index contributed by atoms with van der Waals surface area (Å²) in [6.07, 6.45) is 6.56. The summed E-state index contributed by atoms with van der Waals surface area (Å²) in [6, 6.07) is 1.81. The van der Waals surface area contributed by atoms with Crippen molar-refractivity contribution in [2.24, 2.45) is 0 Å². The summed E-state index contributed by atoms with van der Waals surface area (Å²) in [6.45, 7) is 12.7. The van der Waals surface area contributed by atoms with Crippen LogP contribution in [0.15, 0.2) is 6.07 Å². The lowest BCUT2D eigenvalue weighted by molar-refractivity contribution is 0.471. The molecule has 0 atom stereocenters. The van der Waals surface area contributed by atoms with Crippen LogP contribution in [0.3, 0.4) is 0 Å². The number of rotatable bonds is 4. The highest BCUT2D eigenvalue weighted by molar-refractivity contribution is 5.58. The van der Waals surface area contributed by atoms with Crippen LogP contribution in [0.25, 0.3) is 0 Å². The monoisotopic (exact) mass is 418 g/mol. The van der Waals surface area contributed by atoms with E-state index in [1.165, 1.54) is 0 Å². The number of nitriles is 4. The smallest absolute Gasteiger partial charge is 0.292 e. The van der Waals surface area contributed by atoms with Crippen molar-refractivity contribution in [2.75, 3.05) is 0 Å². The molecule has 0 amide bonds. The highest BCUT2D eigenvalue weighted by Gasteiger charge is 2.17. The summed E-state index contributed by atoms with van der Waals surface area (Å²) in [4.78, 5) is 0. The van der Waals surface area contributed by atoms with E-state index in [0.29, 0.717) is 28.6 Å². The molecule has 0 N–H and O–H groups in total. The van der Waals surface area contributed by atoms with Crippen molar-refractivity contribution < 1.29 is 18.9 Å². The van der Waals surface area contributed by atoms with E-state index in [1.807, 2.05) is 47.6 Å². The minimum atomic E-state index is 0.452. The second kappa shape index (κ2) is 11.0. The third-order valence-corrected chi connectivity index (χ3v) is 4.91. The third-order valence-electron chi connectivity index (χ3n) is 4.91. The van der Waals surface area contributed by atoms with Crippen molar-refractivity contribution in [2.45, 2.75) is 48.5 Å². The molecule has 0 heterocycles. The Kier molecular flexibility index (Phi) is 8.71. The summed E-state index contributed by atoms with van der Waals surface area (Å²) in [5.74, 6) is 1.99. The van der Waals surface area contributed by atoms with Gasteiger partial charge < -0.3 is 18.9 Å². The molecule has 0 fully saturated rings. The fourth-order valence-corrected chi connectivity index (χ4v) is 3.20. The van der Waals surface area contributed by atoms with Gasteiger partial charge in [-0.05, 0) is 87.9 Å². The van der Waals surface area contributed by atoms with Gasteiger partial charge in [0.25, 0.3) is 25.0 Å². The van der Waals surface area contributed by atoms with Crippen molar-refractivity contribution >= 4 is 0 Å². The minimum absolute atomic E-state index is 0.452. The second-order valence-corrected chi connectivity index (χ2v) is 6.73. The van der Waals surface area contributed by atoms with Crippen LogP contribution in [0.4, 0.5) is 0 Å². The van der Waals surface area contributed by atoms with E-state index in [0.717, 1.165) is 33.4 Å². The zero-order chi connectivity index (χ0) is 23.7. The van der Waals surface area contributed by atoms with Gasteiger partial charge in [0.15, 0.2) is 11.5 Å². The maximum atomic E-state index is 8.57. The first-order chi connectivity index (χ1) is 14.7. The lowest BCUT2D eigenvalue weighted by Crippen LogP contribution is -2.00. The quantitative estimate of drug-likeness (QED) is 0.635. The Morgan fingerprint density at radius 3 is 0.968 bits per heavy atom. The largest absolute Gasteiger partial charge is 0.387 e. The molecule has 2 aromatic rings. The average molecular weight is 418 g/mol. The summed E-state index contributed by atoms with van der Waals surface area (Å²) >= 11 is 0. The van der Waals surface area contributed by atoms with Gasteiger partial charge in [0.2, 0.25) is 0 Å². The average Bonchev–Trinajstić information content (AvgIpc) is 2.74. The van der Waals surface area contributed by atoms with Gasteiger partial charge in [0.1, 0.15) is 11.5 Å². The molecule has 0 aliphatic heterocycles. The molecule has 0 radical (unpaired) electrons. The van der Waals surface area contributed by atoms with Crippen molar-refractivity contribution in [3.05, 3.63) is 45.0 Å². The SMILES string of the molecule is Cc1c(C)c(OC#N)c(C)c(C)c1OC#N.Cc1cc(C)c(OC#N)c(C)c1OC#N. The van der Waals surface area contributed by atoms with E-state index in [9.17, 15) is 0 Å². The first-order valence-electron chi connectivity index (χ1n) is 9.10. The topological polar surface area (TPSA) is 132 Å². The van der Waals surface area contributed by atoms with Crippen molar-refractivity contribution in [1.29, 1.82) is 21.0 Å². The number of ether oxygens (including phenoxy) is 4. The predicted octanol–water partition coefficient (Wildman–Crippen LogP) is 4.97. The van der Waals surface area contributed by atoms with Crippen molar-refractivity contribution in [1.82, 2.24) is 0 Å². The molecule has 0 unspecified atom stereocenters. The van der Waals surface area contributed by atoms with Crippen LogP contribution in [0, 0.1) is 94.5 Å². The van der Waals surface area contributed by atoms with Crippen molar-refractivity contribution in [3.63, 3.8) is 0 Å². The molecule has 0 aromatic heterocycles. The van der Waals surface area contributed by atoms with Gasteiger partial charge >= 0.3 is 0 Å². The Morgan fingerprint density at radius 2 is 0.710 bits per heavy atom. The number of hydrogen-bond donors (Lipinski definition) is 0. The fraction of sp³-hybridized carbons (Fsp3) is 0.304. The molecule has 2 rings (SSSR count). The first-order valence-corrected chi connectivity index (χ1v) is 9.10. The van der Waals surface area contributed by atoms with Crippen LogP contribution < -0.4 is 18.9 Å². The second-order valence-electron chi connectivity index (χ2n) is 6.73. The molecule has 158 valence electrons. The number of nitrogens with zero attached hydrogens (tertiary/aromatic N) is 4. The van der Waals surface area contributed by atoms with Crippen LogP contribution in [-0.4, -0.2) is 0 Å². The van der Waals surface area contributed by atoms with Gasteiger partial charge in [0, 0.05) is 5.56 Å². The molecule has 0 saturated heterocycles. The molecule has 0 aliphatic rings. The molecular formula is C23H22N4O4. The van der Waals surface area contributed by atoms with Crippen LogP contribution >= 0.6 is 0 Å². The first kappa shape index (κ1) is 24.6. The van der Waals surface area contributed by atoms with Gasteiger partial charge in [-0.25, -0.2) is 0 Å². The molecule has 0 spiro atoms. The summed E-state index contributed by atoms with van der Waals surface area (Å²) < 4.78 is 19.5. The molecule has 0 aliphatic carbocycles. The van der Waals surface area contributed by atoms with E-state index in [-0.39, 0.29) is 0 Å². The Morgan fingerprint density at radius 1 is 0.452 bits per heavy atom. The van der Waals surface area contributed by atoms with E-state index < -0.39 is 0 Å². The summed E-state index contributed by atoms with van der Waals surface area (Å²) in [5.41, 5.74) is 5.61. The fourth-order valence-electron chi connectivity index (χ4n) is 3.20. The standard InChI is InChI=1S/C12H12N2O2.C11H10N2O2/c1-7-8(2)12(16-6-14)10(4)9(3)11(7)15-5-13;1-7-4-8(2)11(15-6-13)9(3)10(7)14-5-12/h1-4H3;4H,1-3H3. The Labute approximate surface area is 182 Å². The van der Waals surface area contributed by atoms with Gasteiger partial charge in [-0.3, -0.25) is 0 Å². The number of benzene rings is 2. The summed E-state index contributed by atoms with van der Waals surface area (Å²) in [7, 11) is 0. The van der Waals surface area contributed by atoms with E-state index in [4.69, 9.17) is 40.0 Å².